The van der Waals surface area contributed by atoms with Gasteiger partial charge in [0.2, 0.25) is 0 Å². The highest BCUT2D eigenvalue weighted by molar-refractivity contribution is 7.90. The van der Waals surface area contributed by atoms with Crippen molar-refractivity contribution in [1.82, 2.24) is 5.48 Å². The zero-order valence-electron chi connectivity index (χ0n) is 11.4. The second-order valence-electron chi connectivity index (χ2n) is 5.13. The Morgan fingerprint density at radius 2 is 2.20 bits per heavy atom. The molecule has 2 aliphatic rings. The van der Waals surface area contributed by atoms with Crippen molar-refractivity contribution in [3.8, 4) is 0 Å². The molecule has 1 aromatic rings. The van der Waals surface area contributed by atoms with Crippen LogP contribution in [0.1, 0.15) is 24.0 Å². The van der Waals surface area contributed by atoms with Gasteiger partial charge < -0.3 is 9.39 Å². The summed E-state index contributed by atoms with van der Waals surface area (Å²) in [6, 6.07) is 5.73. The zero-order chi connectivity index (χ0) is 14.3. The minimum absolute atomic E-state index is 0.369. The van der Waals surface area contributed by atoms with Crippen molar-refractivity contribution in [1.29, 1.82) is 0 Å². The maximum absolute atomic E-state index is 11.8. The fourth-order valence-corrected chi connectivity index (χ4v) is 3.24. The van der Waals surface area contributed by atoms with Crippen molar-refractivity contribution in [2.45, 2.75) is 24.7 Å². The van der Waals surface area contributed by atoms with E-state index >= 15 is 0 Å². The summed E-state index contributed by atoms with van der Waals surface area (Å²) in [4.78, 5) is 17.2. The molecular weight excluding hydrogens is 274 g/mol. The molecule has 104 valence electrons. The van der Waals surface area contributed by atoms with Crippen LogP contribution in [0.3, 0.4) is 0 Å². The van der Waals surface area contributed by atoms with E-state index < -0.39 is 11.2 Å². The Morgan fingerprint density at radius 3 is 2.80 bits per heavy atom. The van der Waals surface area contributed by atoms with Crippen molar-refractivity contribution in [3.05, 3.63) is 40.6 Å². The van der Waals surface area contributed by atoms with Gasteiger partial charge in [-0.25, -0.2) is 10.3 Å². The Hall–Kier alpha value is -1.68. The van der Waals surface area contributed by atoms with Gasteiger partial charge in [0.15, 0.2) is 22.3 Å². The Kier molecular flexibility index (Phi) is 3.34. The molecule has 1 N–H and O–H groups in total. The number of hydrogen-bond acceptors (Lipinski definition) is 4. The zero-order valence-corrected chi connectivity index (χ0v) is 12.2. The van der Waals surface area contributed by atoms with Crippen LogP contribution in [0.5, 0.6) is 0 Å². The number of hydroxylamine groups is 1. The van der Waals surface area contributed by atoms with Crippen LogP contribution >= 0.6 is 0 Å². The molecule has 1 fully saturated rings. The lowest BCUT2D eigenvalue weighted by Gasteiger charge is -2.10. The van der Waals surface area contributed by atoms with Gasteiger partial charge in [0.25, 0.3) is 0 Å². The SMILES string of the molecule is Cc1ccc(C2=C(C3CC3)C(=C=O)NO2)cc1[S+](C)[O-]. The molecule has 0 bridgehead atoms. The second kappa shape index (κ2) is 5.02. The van der Waals surface area contributed by atoms with Crippen LogP contribution < -0.4 is 5.48 Å². The molecule has 0 saturated heterocycles. The summed E-state index contributed by atoms with van der Waals surface area (Å²) in [6.07, 6.45) is 3.79. The van der Waals surface area contributed by atoms with Gasteiger partial charge in [0, 0.05) is 22.8 Å². The van der Waals surface area contributed by atoms with Gasteiger partial charge in [-0.1, -0.05) is 12.1 Å². The first-order valence-electron chi connectivity index (χ1n) is 6.48. The third-order valence-electron chi connectivity index (χ3n) is 3.62. The van der Waals surface area contributed by atoms with Crippen molar-refractivity contribution < 1.29 is 14.2 Å². The summed E-state index contributed by atoms with van der Waals surface area (Å²) in [7, 11) is 0. The summed E-state index contributed by atoms with van der Waals surface area (Å²) in [5.74, 6) is 2.93. The number of aryl methyl sites for hydroxylation is 1. The minimum atomic E-state index is -1.05. The van der Waals surface area contributed by atoms with E-state index in [-0.39, 0.29) is 0 Å². The van der Waals surface area contributed by atoms with Crippen LogP contribution in [0, 0.1) is 12.8 Å². The van der Waals surface area contributed by atoms with Gasteiger partial charge >= 0.3 is 0 Å². The van der Waals surface area contributed by atoms with Gasteiger partial charge in [0.05, 0.1) is 0 Å². The van der Waals surface area contributed by atoms with Crippen LogP contribution in [0.25, 0.3) is 5.76 Å². The van der Waals surface area contributed by atoms with Crippen molar-refractivity contribution in [2.75, 3.05) is 6.26 Å². The third kappa shape index (κ3) is 2.24. The van der Waals surface area contributed by atoms with Crippen molar-refractivity contribution >= 4 is 22.9 Å². The van der Waals surface area contributed by atoms with Crippen molar-refractivity contribution in [3.63, 3.8) is 0 Å². The lowest BCUT2D eigenvalue weighted by molar-refractivity contribution is 0.211. The van der Waals surface area contributed by atoms with E-state index in [0.29, 0.717) is 17.4 Å². The van der Waals surface area contributed by atoms with Crippen LogP contribution in [0.2, 0.25) is 0 Å². The molecule has 0 radical (unpaired) electrons. The minimum Gasteiger partial charge on any atom is -0.612 e. The number of rotatable bonds is 3. The lowest BCUT2D eigenvalue weighted by Crippen LogP contribution is -2.06. The standard InChI is InChI=1S/C15H15NO3S/c1-9-3-4-11(7-13(9)20(2)18)15-14(10-5-6-10)12(8-17)16-19-15/h3-4,7,10,16H,5-6H2,1-2H3. The molecule has 5 heteroatoms. The predicted octanol–water partition coefficient (Wildman–Crippen LogP) is 2.10. The second-order valence-corrected chi connectivity index (χ2v) is 6.48. The molecule has 1 heterocycles. The molecule has 0 aromatic heterocycles. The highest BCUT2D eigenvalue weighted by Crippen LogP contribution is 2.45. The quantitative estimate of drug-likeness (QED) is 0.684. The van der Waals surface area contributed by atoms with Crippen LogP contribution in [-0.2, 0) is 20.8 Å². The summed E-state index contributed by atoms with van der Waals surface area (Å²) in [6.45, 7) is 1.93. The van der Waals surface area contributed by atoms with E-state index in [4.69, 9.17) is 4.84 Å². The lowest BCUT2D eigenvalue weighted by atomic mass is 10.0. The molecule has 0 amide bonds. The average molecular weight is 289 g/mol. The van der Waals surface area contributed by atoms with Gasteiger partial charge in [-0.2, -0.15) is 0 Å². The first kappa shape index (κ1) is 13.3. The Balaban J connectivity index is 2.10. The maximum Gasteiger partial charge on any atom is 0.168 e. The summed E-state index contributed by atoms with van der Waals surface area (Å²) in [5, 5.41) is 0. The van der Waals surface area contributed by atoms with Gasteiger partial charge in [-0.3, -0.25) is 0 Å². The van der Waals surface area contributed by atoms with E-state index in [2.05, 4.69) is 5.48 Å². The normalized spacial score (nSPS) is 19.4. The van der Waals surface area contributed by atoms with Gasteiger partial charge in [0.1, 0.15) is 6.26 Å². The maximum atomic E-state index is 11.8. The summed E-state index contributed by atoms with van der Waals surface area (Å²) >= 11 is -1.05. The molecule has 0 spiro atoms. The number of benzene rings is 1. The first-order valence-corrected chi connectivity index (χ1v) is 8.04. The van der Waals surface area contributed by atoms with Crippen LogP contribution in [-0.4, -0.2) is 16.7 Å². The number of allylic oxidation sites excluding steroid dienone is 1. The van der Waals surface area contributed by atoms with Gasteiger partial charge in [-0.05, 0) is 36.9 Å². The largest absolute Gasteiger partial charge is 0.612 e. The highest BCUT2D eigenvalue weighted by Gasteiger charge is 2.37. The predicted molar refractivity (Wildman–Crippen MR) is 76.6 cm³/mol. The molecule has 1 saturated carbocycles. The van der Waals surface area contributed by atoms with E-state index in [9.17, 15) is 9.35 Å². The van der Waals surface area contributed by atoms with E-state index in [1.54, 1.807) is 6.26 Å². The molecule has 20 heavy (non-hydrogen) atoms. The monoisotopic (exact) mass is 289 g/mol. The number of hydrogen-bond donors (Lipinski definition) is 1. The third-order valence-corrected chi connectivity index (χ3v) is 4.68. The average Bonchev–Trinajstić information content (AvgIpc) is 3.18. The fraction of sp³-hybridized carbons (Fsp3) is 0.333. The van der Waals surface area contributed by atoms with Crippen LogP contribution in [0.4, 0.5) is 0 Å². The molecular formula is C15H15NO3S. The Bertz CT molecular complexity index is 641. The molecule has 1 atom stereocenters. The Labute approximate surface area is 120 Å². The molecule has 3 rings (SSSR count). The van der Waals surface area contributed by atoms with Crippen LogP contribution in [0.15, 0.2) is 34.4 Å². The van der Waals surface area contributed by atoms with Gasteiger partial charge in [-0.15, -0.1) is 0 Å². The molecule has 1 aliphatic heterocycles. The summed E-state index contributed by atoms with van der Waals surface area (Å²) < 4.78 is 11.8. The van der Waals surface area contributed by atoms with E-state index in [1.165, 1.54) is 0 Å². The first-order chi connectivity index (χ1) is 9.61. The number of carbonyl (C=O) groups excluding carboxylic acids is 1. The topological polar surface area (TPSA) is 61.4 Å². The Morgan fingerprint density at radius 1 is 1.45 bits per heavy atom. The molecule has 4 nitrogen and oxygen atoms in total. The molecule has 1 aromatic carbocycles. The van der Waals surface area contributed by atoms with E-state index in [1.807, 2.05) is 31.1 Å². The molecule has 1 unspecified atom stereocenters. The summed E-state index contributed by atoms with van der Waals surface area (Å²) in [5.41, 5.74) is 5.76. The molecule has 1 aliphatic carbocycles. The number of nitrogens with one attached hydrogen (secondary N) is 1. The van der Waals surface area contributed by atoms with E-state index in [0.717, 1.165) is 34.4 Å². The highest BCUT2D eigenvalue weighted by atomic mass is 32.2. The van der Waals surface area contributed by atoms with Crippen molar-refractivity contribution in [2.24, 2.45) is 5.92 Å². The fourth-order valence-electron chi connectivity index (χ4n) is 2.43. The smallest absolute Gasteiger partial charge is 0.168 e.